The van der Waals surface area contributed by atoms with Crippen molar-refractivity contribution in [1.29, 1.82) is 0 Å². The lowest BCUT2D eigenvalue weighted by Crippen LogP contribution is -2.16. The van der Waals surface area contributed by atoms with E-state index in [2.05, 4.69) is 20.1 Å². The van der Waals surface area contributed by atoms with Gasteiger partial charge in [-0.05, 0) is 55.5 Å². The highest BCUT2D eigenvalue weighted by atomic mass is 32.2. The van der Waals surface area contributed by atoms with Crippen LogP contribution in [0.4, 0.5) is 11.4 Å². The molecule has 1 amide bonds. The van der Waals surface area contributed by atoms with Crippen LogP contribution in [0.5, 0.6) is 11.5 Å². The third-order valence-electron chi connectivity index (χ3n) is 4.85. The molecule has 0 fully saturated rings. The van der Waals surface area contributed by atoms with Crippen molar-refractivity contribution in [3.05, 3.63) is 72.2 Å². The summed E-state index contributed by atoms with van der Waals surface area (Å²) in [5.41, 5.74) is 1.81. The van der Waals surface area contributed by atoms with Gasteiger partial charge in [-0.2, -0.15) is 5.10 Å². The minimum atomic E-state index is -4.03. The number of sulfonamides is 1. The number of ether oxygens (including phenoxy) is 2. The van der Waals surface area contributed by atoms with Crippen LogP contribution in [0.2, 0.25) is 0 Å². The predicted molar refractivity (Wildman–Crippen MR) is 122 cm³/mol. The van der Waals surface area contributed by atoms with Crippen molar-refractivity contribution in [2.45, 2.75) is 11.8 Å². The second-order valence-electron chi connectivity index (χ2n) is 7.00. The van der Waals surface area contributed by atoms with E-state index in [4.69, 9.17) is 9.47 Å². The summed E-state index contributed by atoms with van der Waals surface area (Å²) < 4.78 is 40.5. The highest BCUT2D eigenvalue weighted by molar-refractivity contribution is 7.92. The molecule has 2 heterocycles. The van der Waals surface area contributed by atoms with Crippen molar-refractivity contribution in [3.63, 3.8) is 0 Å². The molecule has 33 heavy (non-hydrogen) atoms. The Balaban J connectivity index is 1.64. The van der Waals surface area contributed by atoms with Crippen LogP contribution in [-0.4, -0.2) is 43.1 Å². The SMILES string of the molecule is COc1ccc(NS(=O)(=O)c2cc(NC(=O)c3c(C)nn4cccnc34)ccc2OC)cc1. The van der Waals surface area contributed by atoms with Crippen LogP contribution < -0.4 is 19.5 Å². The van der Waals surface area contributed by atoms with Crippen molar-refractivity contribution in [1.82, 2.24) is 14.6 Å². The zero-order valence-corrected chi connectivity index (χ0v) is 18.9. The number of carbonyl (C=O) groups excluding carboxylic acids is 1. The first-order valence-corrected chi connectivity index (χ1v) is 11.3. The first-order valence-electron chi connectivity index (χ1n) is 9.78. The van der Waals surface area contributed by atoms with Crippen molar-refractivity contribution < 1.29 is 22.7 Å². The van der Waals surface area contributed by atoms with Crippen molar-refractivity contribution >= 4 is 33.0 Å². The fourth-order valence-electron chi connectivity index (χ4n) is 3.29. The number of anilines is 2. The Morgan fingerprint density at radius 2 is 1.76 bits per heavy atom. The van der Waals surface area contributed by atoms with Gasteiger partial charge in [-0.3, -0.25) is 9.52 Å². The van der Waals surface area contributed by atoms with Gasteiger partial charge in [-0.25, -0.2) is 17.9 Å². The summed E-state index contributed by atoms with van der Waals surface area (Å²) in [6, 6.07) is 12.5. The lowest BCUT2D eigenvalue weighted by atomic mass is 10.2. The normalized spacial score (nSPS) is 11.2. The maximum Gasteiger partial charge on any atom is 0.265 e. The number of carbonyl (C=O) groups is 1. The van der Waals surface area contributed by atoms with Gasteiger partial charge in [0.2, 0.25) is 0 Å². The number of aryl methyl sites for hydroxylation is 1. The molecule has 0 saturated carbocycles. The summed E-state index contributed by atoms with van der Waals surface area (Å²) in [4.78, 5) is 17.0. The molecule has 0 aliphatic carbocycles. The molecule has 0 saturated heterocycles. The Hall–Kier alpha value is -4.12. The summed E-state index contributed by atoms with van der Waals surface area (Å²) >= 11 is 0. The highest BCUT2D eigenvalue weighted by Gasteiger charge is 2.23. The van der Waals surface area contributed by atoms with Crippen LogP contribution in [-0.2, 0) is 10.0 Å². The van der Waals surface area contributed by atoms with Gasteiger partial charge >= 0.3 is 0 Å². The van der Waals surface area contributed by atoms with Crippen molar-refractivity contribution in [2.75, 3.05) is 24.3 Å². The van der Waals surface area contributed by atoms with Crippen molar-refractivity contribution in [2.24, 2.45) is 0 Å². The van der Waals surface area contributed by atoms with E-state index < -0.39 is 15.9 Å². The summed E-state index contributed by atoms with van der Waals surface area (Å²) in [6.07, 6.45) is 3.26. The largest absolute Gasteiger partial charge is 0.497 e. The van der Waals surface area contributed by atoms with Gasteiger partial charge in [0.1, 0.15) is 22.0 Å². The van der Waals surface area contributed by atoms with Gasteiger partial charge in [0.15, 0.2) is 5.65 Å². The molecule has 11 heteroatoms. The highest BCUT2D eigenvalue weighted by Crippen LogP contribution is 2.30. The molecule has 0 unspecified atom stereocenters. The van der Waals surface area contributed by atoms with Gasteiger partial charge in [-0.1, -0.05) is 0 Å². The molecule has 0 radical (unpaired) electrons. The molecule has 170 valence electrons. The van der Waals surface area contributed by atoms with Crippen LogP contribution >= 0.6 is 0 Å². The molecule has 0 bridgehead atoms. The molecule has 4 aromatic rings. The van der Waals surface area contributed by atoms with E-state index in [-0.39, 0.29) is 16.3 Å². The summed E-state index contributed by atoms with van der Waals surface area (Å²) in [5, 5.41) is 7.00. The lowest BCUT2D eigenvalue weighted by Gasteiger charge is -2.14. The standard InChI is InChI=1S/C22H21N5O5S/c1-14-20(21-23-11-4-12-27(21)25-14)22(28)24-16-7-10-18(32-3)19(13-16)33(29,30)26-15-5-8-17(31-2)9-6-15/h4-13,26H,1-3H3,(H,24,28). The first-order chi connectivity index (χ1) is 15.8. The molecule has 0 spiro atoms. The number of nitrogens with zero attached hydrogens (tertiary/aromatic N) is 3. The number of hydrogen-bond acceptors (Lipinski definition) is 7. The second kappa shape index (κ2) is 8.79. The van der Waals surface area contributed by atoms with Crippen LogP contribution in [0.1, 0.15) is 16.1 Å². The number of fused-ring (bicyclic) bond motifs is 1. The third-order valence-corrected chi connectivity index (χ3v) is 6.25. The molecule has 0 aliphatic heterocycles. The Kier molecular flexibility index (Phi) is 5.88. The van der Waals surface area contributed by atoms with E-state index in [0.717, 1.165) is 0 Å². The number of amides is 1. The fourth-order valence-corrected chi connectivity index (χ4v) is 4.54. The third kappa shape index (κ3) is 4.44. The Labute approximate surface area is 190 Å². The molecular weight excluding hydrogens is 446 g/mol. The zero-order valence-electron chi connectivity index (χ0n) is 18.1. The molecule has 2 N–H and O–H groups in total. The van der Waals surface area contributed by atoms with E-state index in [0.29, 0.717) is 28.3 Å². The summed E-state index contributed by atoms with van der Waals surface area (Å²) in [7, 11) is -1.14. The van der Waals surface area contributed by atoms with Crippen LogP contribution in [0, 0.1) is 6.92 Å². The topological polar surface area (TPSA) is 124 Å². The van der Waals surface area contributed by atoms with Crippen molar-refractivity contribution in [3.8, 4) is 11.5 Å². The number of aromatic nitrogens is 3. The van der Waals surface area contributed by atoms with E-state index >= 15 is 0 Å². The maximum absolute atomic E-state index is 13.1. The van der Waals surface area contributed by atoms with E-state index in [1.807, 2.05) is 0 Å². The summed E-state index contributed by atoms with van der Waals surface area (Å²) in [6.45, 7) is 1.70. The van der Waals surface area contributed by atoms with Gasteiger partial charge in [0.05, 0.1) is 19.9 Å². The smallest absolute Gasteiger partial charge is 0.265 e. The monoisotopic (exact) mass is 467 g/mol. The van der Waals surface area contributed by atoms with E-state index in [9.17, 15) is 13.2 Å². The van der Waals surface area contributed by atoms with Crippen LogP contribution in [0.15, 0.2) is 65.8 Å². The van der Waals surface area contributed by atoms with E-state index in [1.165, 1.54) is 30.9 Å². The van der Waals surface area contributed by atoms with Gasteiger partial charge in [-0.15, -0.1) is 0 Å². The Morgan fingerprint density at radius 1 is 1.03 bits per heavy atom. The molecule has 10 nitrogen and oxygen atoms in total. The average Bonchev–Trinajstić information content (AvgIpc) is 3.15. The van der Waals surface area contributed by atoms with Crippen LogP contribution in [0.3, 0.4) is 0 Å². The summed E-state index contributed by atoms with van der Waals surface area (Å²) in [5.74, 6) is 0.262. The minimum absolute atomic E-state index is 0.128. The number of benzene rings is 2. The van der Waals surface area contributed by atoms with Crippen LogP contribution in [0.25, 0.3) is 5.65 Å². The molecule has 4 rings (SSSR count). The second-order valence-corrected chi connectivity index (χ2v) is 8.65. The maximum atomic E-state index is 13.1. The Bertz CT molecular complexity index is 1430. The van der Waals surface area contributed by atoms with E-state index in [1.54, 1.807) is 55.7 Å². The molecular formula is C22H21N5O5S. The number of nitrogens with one attached hydrogen (secondary N) is 2. The lowest BCUT2D eigenvalue weighted by molar-refractivity contribution is 0.102. The first kappa shape index (κ1) is 22.1. The number of hydrogen-bond donors (Lipinski definition) is 2. The Morgan fingerprint density at radius 3 is 2.45 bits per heavy atom. The zero-order chi connectivity index (χ0) is 23.6. The van der Waals surface area contributed by atoms with Gasteiger partial charge in [0, 0.05) is 23.8 Å². The molecule has 2 aromatic heterocycles. The quantitative estimate of drug-likeness (QED) is 0.428. The average molecular weight is 468 g/mol. The number of rotatable bonds is 7. The molecule has 0 aliphatic rings. The minimum Gasteiger partial charge on any atom is -0.497 e. The predicted octanol–water partition coefficient (Wildman–Crippen LogP) is 3.11. The van der Waals surface area contributed by atoms with Gasteiger partial charge in [0.25, 0.3) is 15.9 Å². The number of methoxy groups -OCH3 is 2. The van der Waals surface area contributed by atoms with Gasteiger partial charge < -0.3 is 14.8 Å². The molecule has 2 aromatic carbocycles. The fraction of sp³-hybridized carbons (Fsp3) is 0.136. The molecule has 0 atom stereocenters.